The molecule has 170 valence electrons. The van der Waals surface area contributed by atoms with Crippen molar-refractivity contribution in [1.29, 1.82) is 0 Å². The van der Waals surface area contributed by atoms with Crippen LogP contribution in [0.15, 0.2) is 75.0 Å². The second-order valence-corrected chi connectivity index (χ2v) is 8.34. The normalized spacial score (nSPS) is 14.4. The van der Waals surface area contributed by atoms with Gasteiger partial charge in [-0.05, 0) is 47.3 Å². The molecule has 1 aliphatic heterocycles. The lowest BCUT2D eigenvalue weighted by atomic mass is 10.0. The van der Waals surface area contributed by atoms with Gasteiger partial charge in [0.1, 0.15) is 5.76 Å². The molecule has 0 aliphatic carbocycles. The first kappa shape index (κ1) is 21.6. The summed E-state index contributed by atoms with van der Waals surface area (Å²) >= 11 is 1.27. The van der Waals surface area contributed by atoms with E-state index in [1.165, 1.54) is 40.4 Å². The van der Waals surface area contributed by atoms with Crippen LogP contribution < -0.4 is 15.1 Å². The van der Waals surface area contributed by atoms with E-state index in [-0.39, 0.29) is 17.2 Å². The molecule has 10 nitrogen and oxygen atoms in total. The molecule has 1 amide bonds. The maximum atomic E-state index is 13.1. The highest BCUT2D eigenvalue weighted by atomic mass is 32.2. The third kappa shape index (κ3) is 3.46. The first-order chi connectivity index (χ1) is 16.4. The number of H-pyrrole nitrogens is 1. The number of hydrogen-bond acceptors (Lipinski definition) is 7. The van der Waals surface area contributed by atoms with E-state index in [0.29, 0.717) is 39.2 Å². The summed E-state index contributed by atoms with van der Waals surface area (Å²) in [5.74, 6) is 0.593. The Morgan fingerprint density at radius 1 is 1.18 bits per heavy atom. The van der Waals surface area contributed by atoms with Gasteiger partial charge in [0.25, 0.3) is 5.69 Å². The average molecular weight is 476 g/mol. The Labute approximate surface area is 197 Å². The van der Waals surface area contributed by atoms with Crippen LogP contribution in [0.3, 0.4) is 0 Å². The highest BCUT2D eigenvalue weighted by Crippen LogP contribution is 2.38. The Morgan fingerprint density at radius 2 is 1.91 bits per heavy atom. The fourth-order valence-corrected chi connectivity index (χ4v) is 4.42. The minimum Gasteiger partial charge on any atom is -0.452 e. The molecule has 0 radical (unpaired) electrons. The predicted molar refractivity (Wildman–Crippen MR) is 124 cm³/mol. The van der Waals surface area contributed by atoms with Crippen molar-refractivity contribution in [1.82, 2.24) is 10.1 Å². The zero-order chi connectivity index (χ0) is 24.0. The Hall–Kier alpha value is -4.25. The largest absolute Gasteiger partial charge is 0.452 e. The molecule has 5 rings (SSSR count). The van der Waals surface area contributed by atoms with Crippen LogP contribution >= 0.6 is 11.8 Å². The van der Waals surface area contributed by atoms with Crippen molar-refractivity contribution in [3.8, 4) is 22.6 Å². The van der Waals surface area contributed by atoms with E-state index in [1.807, 2.05) is 0 Å². The number of para-hydroxylation sites is 1. The van der Waals surface area contributed by atoms with Gasteiger partial charge in [0, 0.05) is 29.7 Å². The lowest BCUT2D eigenvalue weighted by Crippen LogP contribution is -2.60. The number of nitro groups is 1. The van der Waals surface area contributed by atoms with E-state index in [2.05, 4.69) is 10.1 Å². The zero-order valence-electron chi connectivity index (χ0n) is 18.1. The fourth-order valence-electron chi connectivity index (χ4n) is 4.06. The summed E-state index contributed by atoms with van der Waals surface area (Å²) in [6.45, 7) is 1.44. The highest BCUT2D eigenvalue weighted by molar-refractivity contribution is 7.98. The first-order valence-corrected chi connectivity index (χ1v) is 11.5. The number of benzene rings is 2. The van der Waals surface area contributed by atoms with E-state index < -0.39 is 11.1 Å². The van der Waals surface area contributed by atoms with E-state index in [1.54, 1.807) is 54.8 Å². The second kappa shape index (κ2) is 8.27. The summed E-state index contributed by atoms with van der Waals surface area (Å²) in [7, 11) is 0. The SMILES string of the molecule is CSc1n[n+]2c(c(=O)[nH]1)-c1ccccc1N(C(C)=O)[C@@H]2c1ccc(-c2ccc([N+](=O)[O-])cc2)o1. The van der Waals surface area contributed by atoms with Gasteiger partial charge in [-0.15, -0.1) is 0 Å². The van der Waals surface area contributed by atoms with Crippen molar-refractivity contribution in [3.63, 3.8) is 0 Å². The number of hydrogen-bond donors (Lipinski definition) is 1. The number of nitrogens with one attached hydrogen (secondary N) is 1. The molecule has 0 saturated carbocycles. The zero-order valence-corrected chi connectivity index (χ0v) is 18.9. The van der Waals surface area contributed by atoms with Gasteiger partial charge in [-0.25, -0.2) is 4.90 Å². The van der Waals surface area contributed by atoms with Gasteiger partial charge in [0.2, 0.25) is 11.1 Å². The van der Waals surface area contributed by atoms with Crippen molar-refractivity contribution < 1.29 is 18.8 Å². The number of carbonyl (C=O) groups excluding carboxylic acids is 1. The van der Waals surface area contributed by atoms with Gasteiger partial charge in [0.15, 0.2) is 5.76 Å². The van der Waals surface area contributed by atoms with Crippen molar-refractivity contribution in [3.05, 3.63) is 86.9 Å². The number of non-ortho nitro benzene ring substituents is 1. The molecule has 2 aromatic carbocycles. The van der Waals surface area contributed by atoms with Crippen LogP contribution in [0.2, 0.25) is 0 Å². The van der Waals surface area contributed by atoms with Gasteiger partial charge in [0.05, 0.1) is 16.2 Å². The quantitative estimate of drug-likeness (QED) is 0.207. The van der Waals surface area contributed by atoms with Crippen LogP contribution in [0, 0.1) is 10.1 Å². The molecular formula is C23H18N5O5S+. The molecule has 1 N–H and O–H groups in total. The van der Waals surface area contributed by atoms with Crippen LogP contribution in [0.5, 0.6) is 0 Å². The van der Waals surface area contributed by atoms with Crippen molar-refractivity contribution in [2.24, 2.45) is 0 Å². The van der Waals surface area contributed by atoms with Gasteiger partial charge in [-0.3, -0.25) is 24.7 Å². The molecular weight excluding hydrogens is 458 g/mol. The number of nitrogens with zero attached hydrogens (tertiary/aromatic N) is 4. The van der Waals surface area contributed by atoms with E-state index >= 15 is 0 Å². The van der Waals surface area contributed by atoms with Gasteiger partial charge in [-0.1, -0.05) is 23.9 Å². The number of aromatic nitrogens is 3. The molecule has 1 atom stereocenters. The summed E-state index contributed by atoms with van der Waals surface area (Å²) in [4.78, 5) is 40.7. The summed E-state index contributed by atoms with van der Waals surface area (Å²) in [6.07, 6.45) is 0.946. The van der Waals surface area contributed by atoms with Crippen LogP contribution in [-0.4, -0.2) is 27.2 Å². The lowest BCUT2D eigenvalue weighted by molar-refractivity contribution is -0.764. The smallest absolute Gasteiger partial charge is 0.325 e. The van der Waals surface area contributed by atoms with Crippen LogP contribution in [0.1, 0.15) is 18.8 Å². The topological polar surface area (TPSA) is 126 Å². The number of carbonyl (C=O) groups is 1. The van der Waals surface area contributed by atoms with Crippen molar-refractivity contribution in [2.75, 3.05) is 11.2 Å². The molecule has 11 heteroatoms. The summed E-state index contributed by atoms with van der Waals surface area (Å²) in [5, 5.41) is 15.9. The molecule has 0 bridgehead atoms. The number of furan rings is 1. The number of rotatable bonds is 4. The number of thioether (sulfide) groups is 1. The van der Waals surface area contributed by atoms with Crippen molar-refractivity contribution in [2.45, 2.75) is 18.2 Å². The van der Waals surface area contributed by atoms with E-state index in [9.17, 15) is 19.7 Å². The summed E-state index contributed by atoms with van der Waals surface area (Å²) < 4.78 is 7.64. The molecule has 2 aromatic heterocycles. The van der Waals surface area contributed by atoms with E-state index in [0.717, 1.165) is 0 Å². The van der Waals surface area contributed by atoms with Crippen molar-refractivity contribution >= 4 is 29.0 Å². The molecule has 0 unspecified atom stereocenters. The number of fused-ring (bicyclic) bond motifs is 3. The number of anilines is 1. The number of nitro benzene ring substituents is 1. The van der Waals surface area contributed by atoms with Gasteiger partial charge < -0.3 is 4.42 Å². The van der Waals surface area contributed by atoms with E-state index in [4.69, 9.17) is 4.42 Å². The lowest BCUT2D eigenvalue weighted by Gasteiger charge is -2.29. The maximum absolute atomic E-state index is 13.1. The molecule has 1 aliphatic rings. The standard InChI is InChI=1S/C23H17N5O5S/c1-13(29)26-17-6-4-3-5-16(17)20-21(30)24-23(34-2)25-27(20)22(26)19-12-11-18(33-19)14-7-9-15(10-8-14)28(31)32/h3-12,22H,1-2H3/p+1/t22-/m0/s1. The Bertz CT molecular complexity index is 1490. The van der Waals surface area contributed by atoms with Crippen LogP contribution in [-0.2, 0) is 4.79 Å². The minimum absolute atomic E-state index is 0.0281. The molecule has 4 aromatic rings. The van der Waals surface area contributed by atoms with Crippen LogP contribution in [0.25, 0.3) is 22.6 Å². The number of amides is 1. The molecule has 3 heterocycles. The highest BCUT2D eigenvalue weighted by Gasteiger charge is 2.46. The Balaban J connectivity index is 1.69. The maximum Gasteiger partial charge on any atom is 0.325 e. The predicted octanol–water partition coefficient (Wildman–Crippen LogP) is 3.53. The molecule has 0 saturated heterocycles. The average Bonchev–Trinajstić information content (AvgIpc) is 3.32. The monoisotopic (exact) mass is 476 g/mol. The third-order valence-corrected chi connectivity index (χ3v) is 6.11. The number of aromatic amines is 1. The minimum atomic E-state index is -0.845. The molecule has 0 spiro atoms. The molecule has 34 heavy (non-hydrogen) atoms. The third-order valence-electron chi connectivity index (χ3n) is 5.53. The first-order valence-electron chi connectivity index (χ1n) is 10.2. The Kier molecular flexibility index (Phi) is 5.25. The molecule has 0 fully saturated rings. The summed E-state index contributed by atoms with van der Waals surface area (Å²) in [5.41, 5.74) is 1.73. The van der Waals surface area contributed by atoms with Gasteiger partial charge >= 0.3 is 17.4 Å². The fraction of sp³-hybridized carbons (Fsp3) is 0.130. The van der Waals surface area contributed by atoms with Crippen LogP contribution in [0.4, 0.5) is 11.4 Å². The Morgan fingerprint density at radius 3 is 2.59 bits per heavy atom. The summed E-state index contributed by atoms with van der Waals surface area (Å²) in [6, 6.07) is 16.5. The van der Waals surface area contributed by atoms with Gasteiger partial charge in [-0.2, -0.15) is 0 Å². The second-order valence-electron chi connectivity index (χ2n) is 7.54.